The quantitative estimate of drug-likeness (QED) is 0.174. The van der Waals surface area contributed by atoms with E-state index in [2.05, 4.69) is 21.3 Å². The van der Waals surface area contributed by atoms with Gasteiger partial charge in [-0.25, -0.2) is 0 Å². The largest absolute Gasteiger partial charge is 0.391 e. The number of rotatable bonds is 11. The van der Waals surface area contributed by atoms with Crippen molar-refractivity contribution in [1.29, 1.82) is 0 Å². The number of carbonyl (C=O) groups excluding carboxylic acids is 5. The maximum absolute atomic E-state index is 14.2. The van der Waals surface area contributed by atoms with E-state index in [0.29, 0.717) is 25.7 Å². The Morgan fingerprint density at radius 1 is 0.880 bits per heavy atom. The molecule has 0 aromatic heterocycles. The first-order chi connectivity index (χ1) is 23.5. The highest BCUT2D eigenvalue weighted by molar-refractivity contribution is 5.96. The summed E-state index contributed by atoms with van der Waals surface area (Å²) in [5.41, 5.74) is 5.87. The van der Waals surface area contributed by atoms with Gasteiger partial charge < -0.3 is 37.0 Å². The zero-order valence-corrected chi connectivity index (χ0v) is 30.3. The molecule has 2 aliphatic rings. The highest BCUT2D eigenvalue weighted by Gasteiger charge is 2.43. The topological polar surface area (TPSA) is 186 Å². The van der Waals surface area contributed by atoms with Crippen LogP contribution in [0.1, 0.15) is 98.3 Å². The van der Waals surface area contributed by atoms with Crippen molar-refractivity contribution < 1.29 is 42.3 Å². The van der Waals surface area contributed by atoms with Crippen molar-refractivity contribution in [2.24, 2.45) is 17.6 Å². The van der Waals surface area contributed by atoms with Gasteiger partial charge in [0.1, 0.15) is 24.2 Å². The number of alkyl halides is 3. The molecule has 13 nitrogen and oxygen atoms in total. The lowest BCUT2D eigenvalue weighted by Gasteiger charge is -2.38. The summed E-state index contributed by atoms with van der Waals surface area (Å²) in [4.78, 5) is 71.0. The average Bonchev–Trinajstić information content (AvgIpc) is 3.05. The lowest BCUT2D eigenvalue weighted by molar-refractivity contribution is -0.164. The molecule has 0 aromatic carbocycles. The second-order valence-electron chi connectivity index (χ2n) is 14.2. The summed E-state index contributed by atoms with van der Waals surface area (Å²) in [7, 11) is 1.31. The van der Waals surface area contributed by atoms with Gasteiger partial charge >= 0.3 is 6.18 Å². The maximum atomic E-state index is 14.2. The predicted molar refractivity (Wildman–Crippen MR) is 182 cm³/mol. The smallest absolute Gasteiger partial charge is 0.391 e. The van der Waals surface area contributed by atoms with Gasteiger partial charge in [-0.15, -0.1) is 0 Å². The van der Waals surface area contributed by atoms with Crippen LogP contribution in [0, 0.1) is 11.8 Å². The fourth-order valence-corrected chi connectivity index (χ4v) is 6.73. The molecule has 0 radical (unpaired) electrons. The Hall–Kier alpha value is -2.98. The molecule has 5 amide bonds. The fraction of sp³-hybridized carbons (Fsp3) is 0.853. The summed E-state index contributed by atoms with van der Waals surface area (Å²) in [6.07, 6.45) is -0.792. The van der Waals surface area contributed by atoms with Crippen LogP contribution in [0.25, 0.3) is 0 Å². The van der Waals surface area contributed by atoms with E-state index in [-0.39, 0.29) is 44.4 Å². The number of nitrogens with one attached hydrogen (secondary N) is 4. The molecule has 1 saturated heterocycles. The number of hydrogen-bond acceptors (Lipinski definition) is 8. The van der Waals surface area contributed by atoms with Crippen LogP contribution in [0.5, 0.6) is 0 Å². The van der Waals surface area contributed by atoms with Crippen LogP contribution in [0.2, 0.25) is 0 Å². The van der Waals surface area contributed by atoms with Crippen molar-refractivity contribution in [2.45, 2.75) is 141 Å². The van der Waals surface area contributed by atoms with E-state index in [1.807, 2.05) is 20.8 Å². The van der Waals surface area contributed by atoms with Gasteiger partial charge in [0, 0.05) is 26.7 Å². The zero-order chi connectivity index (χ0) is 37.6. The van der Waals surface area contributed by atoms with Crippen LogP contribution >= 0.6 is 0 Å². The van der Waals surface area contributed by atoms with Crippen LogP contribution < -0.4 is 27.0 Å². The van der Waals surface area contributed by atoms with E-state index >= 15 is 0 Å². The van der Waals surface area contributed by atoms with Gasteiger partial charge in [-0.05, 0) is 51.0 Å². The monoisotopic (exact) mass is 719 g/mol. The summed E-state index contributed by atoms with van der Waals surface area (Å²) in [6, 6.07) is -6.81. The third kappa shape index (κ3) is 13.6. The van der Waals surface area contributed by atoms with Crippen molar-refractivity contribution in [3.05, 3.63) is 0 Å². The molecule has 2 fully saturated rings. The molecular weight excluding hydrogens is 659 g/mol. The Bertz CT molecular complexity index is 1120. The fourth-order valence-electron chi connectivity index (χ4n) is 6.73. The standard InChI is InChI=1S/C34H60F3N7O6/c1-6-7-8-12-16-44-17-15-39-31(48)27(22(4)45)41-29(46)24(20-38)40-32(49)28(23-13-10-9-11-14-23)42-30(47)25(18-21(2)3)43(5)33(50)26(44)19-34(35,36)37/h21-28,45H,6-20,38H2,1-5H3,(H,39,48)(H,40,49)(H,41,46)(H,42,47)/t22-,24-,25-,26-,27-,28-/m0/s1. The molecule has 288 valence electrons. The number of likely N-dealkylation sites (N-methyl/N-ethyl adjacent to an activating group) is 1. The van der Waals surface area contributed by atoms with Crippen LogP contribution in [0.4, 0.5) is 13.2 Å². The summed E-state index contributed by atoms with van der Waals surface area (Å²) in [5.74, 6) is -4.37. The molecule has 7 N–H and O–H groups in total. The third-order valence-electron chi connectivity index (χ3n) is 9.59. The number of amides is 5. The summed E-state index contributed by atoms with van der Waals surface area (Å²) < 4.78 is 42.4. The molecule has 0 spiro atoms. The average molecular weight is 720 g/mol. The molecule has 0 aromatic rings. The number of nitrogens with two attached hydrogens (primary N) is 1. The second-order valence-corrected chi connectivity index (χ2v) is 14.2. The molecule has 0 unspecified atom stereocenters. The molecule has 2 rings (SSSR count). The van der Waals surface area contributed by atoms with Gasteiger partial charge in [0.2, 0.25) is 29.5 Å². The van der Waals surface area contributed by atoms with Crippen molar-refractivity contribution in [3.8, 4) is 0 Å². The van der Waals surface area contributed by atoms with Crippen LogP contribution in [-0.4, -0.2) is 120 Å². The zero-order valence-electron chi connectivity index (χ0n) is 30.3. The number of carbonyl (C=O) groups is 5. The van der Waals surface area contributed by atoms with Crippen molar-refractivity contribution in [3.63, 3.8) is 0 Å². The first kappa shape index (κ1) is 43.2. The second kappa shape index (κ2) is 20.8. The van der Waals surface area contributed by atoms with Crippen LogP contribution in [0.15, 0.2) is 0 Å². The van der Waals surface area contributed by atoms with Crippen molar-refractivity contribution >= 4 is 29.5 Å². The van der Waals surface area contributed by atoms with Crippen molar-refractivity contribution in [2.75, 3.05) is 33.2 Å². The number of halogens is 3. The molecule has 1 heterocycles. The van der Waals surface area contributed by atoms with Gasteiger partial charge in [0.05, 0.1) is 18.6 Å². The lowest BCUT2D eigenvalue weighted by atomic mass is 9.83. The Morgan fingerprint density at radius 3 is 2.10 bits per heavy atom. The SMILES string of the molecule is CCCCCCN1CCNC(=O)[C@H]([C@H](C)O)NC(=O)[C@H](CN)NC(=O)[C@H](C2CCCCC2)NC(=O)[C@H](CC(C)C)N(C)C(=O)[C@@H]1CC(F)(F)F. The van der Waals surface area contributed by atoms with Gasteiger partial charge in [-0.1, -0.05) is 59.3 Å². The highest BCUT2D eigenvalue weighted by atomic mass is 19.4. The van der Waals surface area contributed by atoms with E-state index in [4.69, 9.17) is 5.73 Å². The van der Waals surface area contributed by atoms with Gasteiger partial charge in [-0.3, -0.25) is 28.9 Å². The molecule has 6 atom stereocenters. The van der Waals surface area contributed by atoms with E-state index in [9.17, 15) is 42.3 Å². The Labute approximate surface area is 294 Å². The molecular formula is C34H60F3N7O6. The number of unbranched alkanes of at least 4 members (excludes halogenated alkanes) is 3. The van der Waals surface area contributed by atoms with Crippen LogP contribution in [-0.2, 0) is 24.0 Å². The van der Waals surface area contributed by atoms with Gasteiger partial charge in [-0.2, -0.15) is 13.2 Å². The minimum Gasteiger partial charge on any atom is -0.391 e. The third-order valence-corrected chi connectivity index (χ3v) is 9.59. The first-order valence-electron chi connectivity index (χ1n) is 18.1. The summed E-state index contributed by atoms with van der Waals surface area (Å²) in [5, 5.41) is 20.8. The van der Waals surface area contributed by atoms with Crippen molar-refractivity contribution in [1.82, 2.24) is 31.1 Å². The Morgan fingerprint density at radius 2 is 1.54 bits per heavy atom. The highest BCUT2D eigenvalue weighted by Crippen LogP contribution is 2.29. The lowest BCUT2D eigenvalue weighted by Crippen LogP contribution is -2.63. The normalized spacial score (nSPS) is 27.2. The number of aliphatic hydroxyl groups is 1. The number of hydrogen-bond donors (Lipinski definition) is 6. The van der Waals surface area contributed by atoms with E-state index in [0.717, 1.165) is 37.0 Å². The molecule has 1 aliphatic heterocycles. The van der Waals surface area contributed by atoms with Gasteiger partial charge in [0.25, 0.3) is 0 Å². The molecule has 50 heavy (non-hydrogen) atoms. The Kier molecular flexibility index (Phi) is 17.9. The molecule has 1 saturated carbocycles. The predicted octanol–water partition coefficient (Wildman–Crippen LogP) is 1.57. The van der Waals surface area contributed by atoms with Gasteiger partial charge in [0.15, 0.2) is 0 Å². The summed E-state index contributed by atoms with van der Waals surface area (Å²) in [6.45, 7) is 6.34. The van der Waals surface area contributed by atoms with E-state index in [1.54, 1.807) is 0 Å². The molecule has 0 bridgehead atoms. The van der Waals surface area contributed by atoms with Crippen LogP contribution in [0.3, 0.4) is 0 Å². The maximum Gasteiger partial charge on any atom is 0.391 e. The summed E-state index contributed by atoms with van der Waals surface area (Å²) >= 11 is 0. The minimum absolute atomic E-state index is 0.118. The van der Waals surface area contributed by atoms with E-state index in [1.165, 1.54) is 18.9 Å². The molecule has 1 aliphatic carbocycles. The minimum atomic E-state index is -4.73. The first-order valence-corrected chi connectivity index (χ1v) is 18.1. The number of nitrogens with zero attached hydrogens (tertiary/aromatic N) is 2. The molecule has 16 heteroatoms. The number of aliphatic hydroxyl groups excluding tert-OH is 1. The van der Waals surface area contributed by atoms with E-state index < -0.39 is 78.4 Å². The Balaban J connectivity index is 2.66.